The van der Waals surface area contributed by atoms with Crippen LogP contribution in [0.2, 0.25) is 5.15 Å². The SMILES string of the molecule is CC1C(C(C)(C)C)SC(=NC(=O)c2cc(Cl)nc3ccccc23)N1CC1CC1. The summed E-state index contributed by atoms with van der Waals surface area (Å²) in [6.45, 7) is 10.0. The fraction of sp³-hybridized carbons (Fsp3) is 0.500. The van der Waals surface area contributed by atoms with Crippen LogP contribution in [0.3, 0.4) is 0 Å². The lowest BCUT2D eigenvalue weighted by atomic mass is 9.87. The van der Waals surface area contributed by atoms with Crippen molar-refractivity contribution in [1.82, 2.24) is 9.88 Å². The minimum Gasteiger partial charge on any atom is -0.347 e. The predicted octanol–water partition coefficient (Wildman–Crippen LogP) is 5.65. The minimum atomic E-state index is -0.245. The Bertz CT molecular complexity index is 948. The van der Waals surface area contributed by atoms with E-state index in [4.69, 9.17) is 11.6 Å². The highest BCUT2D eigenvalue weighted by molar-refractivity contribution is 8.14. The van der Waals surface area contributed by atoms with Gasteiger partial charge in [0.1, 0.15) is 5.15 Å². The number of benzene rings is 1. The Morgan fingerprint density at radius 3 is 2.71 bits per heavy atom. The van der Waals surface area contributed by atoms with Crippen molar-refractivity contribution >= 4 is 45.3 Å². The molecule has 4 nitrogen and oxygen atoms in total. The Labute approximate surface area is 175 Å². The number of aliphatic imine (C=N–C) groups is 1. The molecule has 2 aromatic rings. The van der Waals surface area contributed by atoms with Gasteiger partial charge in [0.2, 0.25) is 0 Å². The van der Waals surface area contributed by atoms with E-state index in [-0.39, 0.29) is 11.3 Å². The minimum absolute atomic E-state index is 0.138. The van der Waals surface area contributed by atoms with Crippen LogP contribution in [0, 0.1) is 11.3 Å². The van der Waals surface area contributed by atoms with Crippen molar-refractivity contribution in [3.63, 3.8) is 0 Å². The van der Waals surface area contributed by atoms with E-state index in [0.717, 1.165) is 23.0 Å². The van der Waals surface area contributed by atoms with Gasteiger partial charge in [-0.3, -0.25) is 4.79 Å². The molecule has 1 aromatic carbocycles. The predicted molar refractivity (Wildman–Crippen MR) is 118 cm³/mol. The molecule has 1 aliphatic heterocycles. The van der Waals surface area contributed by atoms with Crippen molar-refractivity contribution in [2.24, 2.45) is 16.3 Å². The van der Waals surface area contributed by atoms with Gasteiger partial charge in [-0.05, 0) is 43.2 Å². The van der Waals surface area contributed by atoms with E-state index in [1.807, 2.05) is 24.3 Å². The molecule has 6 heteroatoms. The molecule has 0 radical (unpaired) electrons. The monoisotopic (exact) mass is 415 g/mol. The number of rotatable bonds is 3. The molecular weight excluding hydrogens is 390 g/mol. The molecule has 1 aliphatic carbocycles. The zero-order chi connectivity index (χ0) is 20.1. The molecule has 148 valence electrons. The largest absolute Gasteiger partial charge is 0.347 e. The molecule has 1 aromatic heterocycles. The average Bonchev–Trinajstić information content (AvgIpc) is 3.39. The summed E-state index contributed by atoms with van der Waals surface area (Å²) in [6, 6.07) is 9.55. The maximum Gasteiger partial charge on any atom is 0.280 e. The molecule has 0 N–H and O–H groups in total. The Morgan fingerprint density at radius 2 is 2.04 bits per heavy atom. The molecule has 1 saturated heterocycles. The van der Waals surface area contributed by atoms with Gasteiger partial charge in [-0.2, -0.15) is 4.99 Å². The molecule has 0 bridgehead atoms. The lowest BCUT2D eigenvalue weighted by Gasteiger charge is -2.32. The summed E-state index contributed by atoms with van der Waals surface area (Å²) in [4.78, 5) is 24.4. The molecule has 2 fully saturated rings. The van der Waals surface area contributed by atoms with Crippen LogP contribution in [0.5, 0.6) is 0 Å². The Balaban J connectivity index is 1.71. The molecule has 0 spiro atoms. The molecule has 2 unspecified atom stereocenters. The van der Waals surface area contributed by atoms with Gasteiger partial charge in [0.25, 0.3) is 5.91 Å². The number of thioether (sulfide) groups is 1. The van der Waals surface area contributed by atoms with E-state index >= 15 is 0 Å². The number of nitrogens with zero attached hydrogens (tertiary/aromatic N) is 3. The van der Waals surface area contributed by atoms with Gasteiger partial charge in [-0.1, -0.05) is 62.3 Å². The number of amides is 1. The molecule has 2 atom stereocenters. The maximum absolute atomic E-state index is 13.2. The number of hydrogen-bond donors (Lipinski definition) is 0. The van der Waals surface area contributed by atoms with Gasteiger partial charge in [-0.25, -0.2) is 4.98 Å². The van der Waals surface area contributed by atoms with Crippen LogP contribution < -0.4 is 0 Å². The van der Waals surface area contributed by atoms with Gasteiger partial charge in [0, 0.05) is 23.2 Å². The zero-order valence-electron chi connectivity index (χ0n) is 16.8. The van der Waals surface area contributed by atoms with Gasteiger partial charge in [0.05, 0.1) is 11.1 Å². The van der Waals surface area contributed by atoms with E-state index in [1.165, 1.54) is 12.8 Å². The highest BCUT2D eigenvalue weighted by Crippen LogP contribution is 2.44. The summed E-state index contributed by atoms with van der Waals surface area (Å²) in [6.07, 6.45) is 2.56. The smallest absolute Gasteiger partial charge is 0.280 e. The third-order valence-corrected chi connectivity index (χ3v) is 7.61. The lowest BCUT2D eigenvalue weighted by molar-refractivity contribution is 0.100. The number of fused-ring (bicyclic) bond motifs is 1. The standard InChI is InChI=1S/C22H26ClN3OS/c1-13-19(22(2,3)4)28-21(26(13)12-14-9-10-14)25-20(27)16-11-18(23)24-17-8-6-5-7-15(16)17/h5-8,11,13-14,19H,9-10,12H2,1-4H3. The Kier molecular flexibility index (Phi) is 5.17. The number of aromatic nitrogens is 1. The average molecular weight is 416 g/mol. The number of halogens is 1. The van der Waals surface area contributed by atoms with Crippen molar-refractivity contribution in [2.45, 2.75) is 51.8 Å². The van der Waals surface area contributed by atoms with Crippen LogP contribution >= 0.6 is 23.4 Å². The number of pyridine rings is 1. The molecule has 2 heterocycles. The number of para-hydroxylation sites is 1. The second-order valence-electron chi connectivity index (χ2n) is 8.95. The highest BCUT2D eigenvalue weighted by Gasteiger charge is 2.44. The summed E-state index contributed by atoms with van der Waals surface area (Å²) in [5, 5.41) is 2.35. The van der Waals surface area contributed by atoms with E-state index in [0.29, 0.717) is 27.5 Å². The Hall–Kier alpha value is -1.59. The van der Waals surface area contributed by atoms with Crippen LogP contribution in [0.25, 0.3) is 10.9 Å². The van der Waals surface area contributed by atoms with Crippen LogP contribution in [-0.4, -0.2) is 38.8 Å². The quantitative estimate of drug-likeness (QED) is 0.608. The lowest BCUT2D eigenvalue weighted by Crippen LogP contribution is -2.40. The molecular formula is C22H26ClN3OS. The van der Waals surface area contributed by atoms with Crippen molar-refractivity contribution in [3.05, 3.63) is 41.0 Å². The molecule has 2 aliphatic rings. The number of hydrogen-bond acceptors (Lipinski definition) is 3. The Morgan fingerprint density at radius 1 is 1.32 bits per heavy atom. The number of amidine groups is 1. The molecule has 1 amide bonds. The summed E-state index contributed by atoms with van der Waals surface area (Å²) in [7, 11) is 0. The van der Waals surface area contributed by atoms with E-state index < -0.39 is 0 Å². The highest BCUT2D eigenvalue weighted by atomic mass is 35.5. The van der Waals surface area contributed by atoms with Crippen LogP contribution in [0.4, 0.5) is 0 Å². The van der Waals surface area contributed by atoms with Crippen LogP contribution in [0.1, 0.15) is 50.9 Å². The summed E-state index contributed by atoms with van der Waals surface area (Å²) in [5.41, 5.74) is 1.37. The first-order chi connectivity index (χ1) is 13.2. The second-order valence-corrected chi connectivity index (χ2v) is 10.4. The molecule has 1 saturated carbocycles. The van der Waals surface area contributed by atoms with E-state index in [1.54, 1.807) is 17.8 Å². The molecule has 4 rings (SSSR count). The first kappa shape index (κ1) is 19.7. The summed E-state index contributed by atoms with van der Waals surface area (Å²) in [5.74, 6) is 0.490. The van der Waals surface area contributed by atoms with E-state index in [9.17, 15) is 4.79 Å². The van der Waals surface area contributed by atoms with Crippen molar-refractivity contribution in [2.75, 3.05) is 6.54 Å². The van der Waals surface area contributed by atoms with Crippen molar-refractivity contribution < 1.29 is 4.79 Å². The summed E-state index contributed by atoms with van der Waals surface area (Å²) >= 11 is 7.91. The molecule has 28 heavy (non-hydrogen) atoms. The van der Waals surface area contributed by atoms with Gasteiger partial charge in [0.15, 0.2) is 5.17 Å². The number of carbonyl (C=O) groups excluding carboxylic acids is 1. The summed E-state index contributed by atoms with van der Waals surface area (Å²) < 4.78 is 0. The van der Waals surface area contributed by atoms with Gasteiger partial charge < -0.3 is 4.90 Å². The first-order valence-electron chi connectivity index (χ1n) is 9.85. The second kappa shape index (κ2) is 7.34. The zero-order valence-corrected chi connectivity index (χ0v) is 18.3. The van der Waals surface area contributed by atoms with Gasteiger partial charge in [-0.15, -0.1) is 0 Å². The number of carbonyl (C=O) groups is 1. The topological polar surface area (TPSA) is 45.6 Å². The third-order valence-electron chi connectivity index (χ3n) is 5.53. The third kappa shape index (κ3) is 3.92. The van der Waals surface area contributed by atoms with E-state index in [2.05, 4.69) is 42.6 Å². The normalized spacial score (nSPS) is 24.3. The first-order valence-corrected chi connectivity index (χ1v) is 11.1. The van der Waals surface area contributed by atoms with Crippen molar-refractivity contribution in [1.29, 1.82) is 0 Å². The maximum atomic E-state index is 13.2. The van der Waals surface area contributed by atoms with Crippen LogP contribution in [-0.2, 0) is 0 Å². The van der Waals surface area contributed by atoms with Crippen molar-refractivity contribution in [3.8, 4) is 0 Å². The fourth-order valence-electron chi connectivity index (χ4n) is 3.90. The fourth-order valence-corrected chi connectivity index (χ4v) is 5.53. The van der Waals surface area contributed by atoms with Crippen LogP contribution in [0.15, 0.2) is 35.3 Å². The van der Waals surface area contributed by atoms with Gasteiger partial charge >= 0.3 is 0 Å².